The number of nitrogens with two attached hydrogens (primary N) is 1. The van der Waals surface area contributed by atoms with Crippen molar-refractivity contribution in [1.82, 2.24) is 5.16 Å². The van der Waals surface area contributed by atoms with E-state index in [-0.39, 0.29) is 0 Å². The highest BCUT2D eigenvalue weighted by Crippen LogP contribution is 2.24. The van der Waals surface area contributed by atoms with Crippen LogP contribution in [-0.4, -0.2) is 5.16 Å². The van der Waals surface area contributed by atoms with Crippen molar-refractivity contribution in [3.8, 4) is 0 Å². The van der Waals surface area contributed by atoms with Crippen LogP contribution < -0.4 is 5.73 Å². The second-order valence-electron chi connectivity index (χ2n) is 3.79. The van der Waals surface area contributed by atoms with Crippen molar-refractivity contribution in [3.63, 3.8) is 0 Å². The quantitative estimate of drug-likeness (QED) is 0.940. The summed E-state index contributed by atoms with van der Waals surface area (Å²) in [5.41, 5.74) is 8.15. The van der Waals surface area contributed by atoms with Crippen LogP contribution in [0.5, 0.6) is 0 Å². The van der Waals surface area contributed by atoms with Gasteiger partial charge in [-0.3, -0.25) is 0 Å². The number of anilines is 1. The first kappa shape index (κ1) is 11.2. The topological polar surface area (TPSA) is 52.0 Å². The number of nitrogen functional groups attached to an aromatic ring is 1. The van der Waals surface area contributed by atoms with E-state index in [1.807, 2.05) is 0 Å². The minimum atomic E-state index is 0.416. The van der Waals surface area contributed by atoms with Gasteiger partial charge in [-0.2, -0.15) is 0 Å². The van der Waals surface area contributed by atoms with Crippen molar-refractivity contribution < 1.29 is 4.52 Å². The normalized spacial score (nSPS) is 10.6. The number of halogens is 1. The van der Waals surface area contributed by atoms with E-state index in [1.54, 1.807) is 0 Å². The highest BCUT2D eigenvalue weighted by atomic mass is 79.9. The summed E-state index contributed by atoms with van der Waals surface area (Å²) in [5.74, 6) is 1.22. The summed E-state index contributed by atoms with van der Waals surface area (Å²) in [4.78, 5) is 0. The van der Waals surface area contributed by atoms with Crippen LogP contribution in [-0.2, 0) is 12.8 Å². The monoisotopic (exact) mass is 280 g/mol. The summed E-state index contributed by atoms with van der Waals surface area (Å²) in [6.07, 6.45) is 1.73. The fourth-order valence-corrected chi connectivity index (χ4v) is 1.95. The molecule has 16 heavy (non-hydrogen) atoms. The van der Waals surface area contributed by atoms with Gasteiger partial charge in [0.05, 0.1) is 0 Å². The highest BCUT2D eigenvalue weighted by Gasteiger charge is 2.10. The van der Waals surface area contributed by atoms with E-state index in [1.165, 1.54) is 11.1 Å². The van der Waals surface area contributed by atoms with E-state index >= 15 is 0 Å². The Labute approximate surface area is 103 Å². The second-order valence-corrected chi connectivity index (χ2v) is 4.59. The molecule has 1 aromatic heterocycles. The lowest BCUT2D eigenvalue weighted by Gasteiger charge is -2.00. The Morgan fingerprint density at radius 3 is 2.81 bits per heavy atom. The van der Waals surface area contributed by atoms with Gasteiger partial charge in [0.1, 0.15) is 4.47 Å². The molecule has 4 heteroatoms. The summed E-state index contributed by atoms with van der Waals surface area (Å²) in [5, 5.41) is 3.70. The Bertz CT molecular complexity index is 494. The van der Waals surface area contributed by atoms with E-state index < -0.39 is 0 Å². The van der Waals surface area contributed by atoms with Crippen molar-refractivity contribution in [2.24, 2.45) is 0 Å². The Morgan fingerprint density at radius 2 is 2.19 bits per heavy atom. The van der Waals surface area contributed by atoms with Crippen LogP contribution in [0.15, 0.2) is 33.3 Å². The minimum absolute atomic E-state index is 0.416. The second kappa shape index (κ2) is 4.70. The number of aryl methyl sites for hydroxylation is 3. The van der Waals surface area contributed by atoms with Crippen LogP contribution in [0.1, 0.15) is 16.9 Å². The molecule has 84 valence electrons. The van der Waals surface area contributed by atoms with E-state index in [0.29, 0.717) is 5.82 Å². The number of nitrogens with zero attached hydrogens (tertiary/aromatic N) is 1. The third kappa shape index (κ3) is 2.44. The Balaban J connectivity index is 2.05. The van der Waals surface area contributed by atoms with Gasteiger partial charge in [-0.15, -0.1) is 0 Å². The molecule has 0 bridgehead atoms. The summed E-state index contributed by atoms with van der Waals surface area (Å²) in [6.45, 7) is 2.09. The van der Waals surface area contributed by atoms with Crippen LogP contribution in [0.2, 0.25) is 0 Å². The minimum Gasteiger partial charge on any atom is -0.380 e. The molecule has 3 nitrogen and oxygen atoms in total. The Morgan fingerprint density at radius 1 is 1.38 bits per heavy atom. The zero-order valence-electron chi connectivity index (χ0n) is 9.03. The molecular formula is C12H13BrN2O. The molecule has 2 aromatic rings. The number of aromatic nitrogens is 1. The molecule has 0 aliphatic rings. The maximum absolute atomic E-state index is 5.58. The average molecular weight is 281 g/mol. The summed E-state index contributed by atoms with van der Waals surface area (Å²) in [6, 6.07) is 8.44. The Hall–Kier alpha value is -1.29. The lowest BCUT2D eigenvalue weighted by molar-refractivity contribution is 0.385. The number of benzene rings is 1. The van der Waals surface area contributed by atoms with Crippen molar-refractivity contribution >= 4 is 21.7 Å². The largest absolute Gasteiger partial charge is 0.380 e. The van der Waals surface area contributed by atoms with Gasteiger partial charge >= 0.3 is 0 Å². The van der Waals surface area contributed by atoms with Gasteiger partial charge in [0.2, 0.25) is 0 Å². The predicted octanol–water partition coefficient (Wildman–Crippen LogP) is 3.11. The molecule has 0 atom stereocenters. The molecule has 2 N–H and O–H groups in total. The zero-order chi connectivity index (χ0) is 11.5. The van der Waals surface area contributed by atoms with Crippen molar-refractivity contribution in [1.29, 1.82) is 0 Å². The lowest BCUT2D eigenvalue weighted by atomic mass is 10.1. The molecule has 0 fully saturated rings. The summed E-state index contributed by atoms with van der Waals surface area (Å²) < 4.78 is 5.90. The smallest absolute Gasteiger partial charge is 0.181 e. The molecule has 1 heterocycles. The Kier molecular flexibility index (Phi) is 3.29. The molecule has 0 unspecified atom stereocenters. The first-order valence-corrected chi connectivity index (χ1v) is 5.91. The molecule has 0 aliphatic carbocycles. The standard InChI is InChI=1S/C12H13BrN2O/c1-8-3-2-4-9(7-8)5-6-10-11(13)12(14)15-16-10/h2-4,7H,5-6H2,1H3,(H2,14,15). The maximum atomic E-state index is 5.58. The van der Waals surface area contributed by atoms with Crippen LogP contribution in [0, 0.1) is 6.92 Å². The average Bonchev–Trinajstić information content (AvgIpc) is 2.57. The van der Waals surface area contributed by atoms with Crippen molar-refractivity contribution in [2.45, 2.75) is 19.8 Å². The summed E-state index contributed by atoms with van der Waals surface area (Å²) in [7, 11) is 0. The van der Waals surface area contributed by atoms with Gasteiger partial charge in [-0.25, -0.2) is 0 Å². The number of rotatable bonds is 3. The number of hydrogen-bond donors (Lipinski definition) is 1. The molecule has 0 saturated carbocycles. The van der Waals surface area contributed by atoms with Crippen molar-refractivity contribution in [2.75, 3.05) is 5.73 Å². The SMILES string of the molecule is Cc1cccc(CCc2onc(N)c2Br)c1. The fourth-order valence-electron chi connectivity index (χ4n) is 1.61. The molecule has 0 amide bonds. The molecular weight excluding hydrogens is 268 g/mol. The third-order valence-electron chi connectivity index (χ3n) is 2.45. The van der Waals surface area contributed by atoms with Gasteiger partial charge in [-0.05, 0) is 34.8 Å². The zero-order valence-corrected chi connectivity index (χ0v) is 10.6. The van der Waals surface area contributed by atoms with Gasteiger partial charge in [-0.1, -0.05) is 35.0 Å². The van der Waals surface area contributed by atoms with E-state index in [2.05, 4.69) is 52.3 Å². The molecule has 0 saturated heterocycles. The van der Waals surface area contributed by atoms with Crippen LogP contribution in [0.25, 0.3) is 0 Å². The fraction of sp³-hybridized carbons (Fsp3) is 0.250. The van der Waals surface area contributed by atoms with Crippen LogP contribution >= 0.6 is 15.9 Å². The molecule has 0 spiro atoms. The lowest BCUT2D eigenvalue weighted by Crippen LogP contribution is -1.91. The first-order valence-electron chi connectivity index (χ1n) is 5.12. The van der Waals surface area contributed by atoms with Crippen molar-refractivity contribution in [3.05, 3.63) is 45.6 Å². The predicted molar refractivity (Wildman–Crippen MR) is 67.2 cm³/mol. The van der Waals surface area contributed by atoms with E-state index in [4.69, 9.17) is 10.3 Å². The number of hydrogen-bond acceptors (Lipinski definition) is 3. The van der Waals surface area contributed by atoms with E-state index in [0.717, 1.165) is 23.1 Å². The first-order chi connectivity index (χ1) is 7.66. The van der Waals surface area contributed by atoms with Gasteiger partial charge in [0.15, 0.2) is 11.6 Å². The third-order valence-corrected chi connectivity index (χ3v) is 3.30. The van der Waals surface area contributed by atoms with Gasteiger partial charge in [0.25, 0.3) is 0 Å². The molecule has 1 aromatic carbocycles. The molecule has 0 aliphatic heterocycles. The molecule has 2 rings (SSSR count). The van der Waals surface area contributed by atoms with Gasteiger partial charge in [0, 0.05) is 6.42 Å². The molecule has 0 radical (unpaired) electrons. The van der Waals surface area contributed by atoms with Crippen LogP contribution in [0.4, 0.5) is 5.82 Å². The van der Waals surface area contributed by atoms with Crippen LogP contribution in [0.3, 0.4) is 0 Å². The highest BCUT2D eigenvalue weighted by molar-refractivity contribution is 9.10. The maximum Gasteiger partial charge on any atom is 0.181 e. The van der Waals surface area contributed by atoms with Gasteiger partial charge < -0.3 is 10.3 Å². The van der Waals surface area contributed by atoms with E-state index in [9.17, 15) is 0 Å². The summed E-state index contributed by atoms with van der Waals surface area (Å²) >= 11 is 3.36.